The van der Waals surface area contributed by atoms with Crippen LogP contribution < -0.4 is 5.73 Å². The number of thiol groups is 1. The Bertz CT molecular complexity index is 337. The van der Waals surface area contributed by atoms with Gasteiger partial charge in [0.25, 0.3) is 0 Å². The molecule has 0 aromatic heterocycles. The maximum absolute atomic E-state index is 12.2. The van der Waals surface area contributed by atoms with Crippen LogP contribution in [0.1, 0.15) is 32.6 Å². The molecule has 17 heavy (non-hydrogen) atoms. The topological polar surface area (TPSA) is 63.4 Å². The molecule has 1 heterocycles. The summed E-state index contributed by atoms with van der Waals surface area (Å²) < 4.78 is 0. The van der Waals surface area contributed by atoms with Gasteiger partial charge in [-0.05, 0) is 31.6 Å². The van der Waals surface area contributed by atoms with Gasteiger partial charge in [0.2, 0.25) is 11.8 Å². The zero-order valence-electron chi connectivity index (χ0n) is 10.2. The van der Waals surface area contributed by atoms with Crippen LogP contribution >= 0.6 is 12.6 Å². The van der Waals surface area contributed by atoms with Gasteiger partial charge in [0.05, 0.1) is 5.41 Å². The van der Waals surface area contributed by atoms with E-state index in [0.29, 0.717) is 12.3 Å². The molecule has 1 saturated heterocycles. The van der Waals surface area contributed by atoms with Crippen LogP contribution in [0.15, 0.2) is 0 Å². The Labute approximate surface area is 107 Å². The fraction of sp³-hybridized carbons (Fsp3) is 0.833. The quantitative estimate of drug-likeness (QED) is 0.580. The second kappa shape index (κ2) is 4.52. The second-order valence-corrected chi connectivity index (χ2v) is 5.86. The Kier molecular flexibility index (Phi) is 3.39. The number of hydrogen-bond acceptors (Lipinski definition) is 3. The SMILES string of the molecule is CC1CCC2(CC1)CN([C@@H](CS)C(N)=O)C2=O. The molecule has 4 nitrogen and oxygen atoms in total. The van der Waals surface area contributed by atoms with E-state index in [4.69, 9.17) is 5.73 Å². The number of amides is 2. The summed E-state index contributed by atoms with van der Waals surface area (Å²) in [5, 5.41) is 0. The van der Waals surface area contributed by atoms with Crippen LogP contribution in [0, 0.1) is 11.3 Å². The number of primary amides is 1. The third-order valence-corrected chi connectivity index (χ3v) is 4.64. The summed E-state index contributed by atoms with van der Waals surface area (Å²) in [7, 11) is 0. The van der Waals surface area contributed by atoms with E-state index in [1.165, 1.54) is 0 Å². The lowest BCUT2D eigenvalue weighted by molar-refractivity contribution is -0.170. The Morgan fingerprint density at radius 3 is 2.59 bits per heavy atom. The van der Waals surface area contributed by atoms with Crippen molar-refractivity contribution in [1.29, 1.82) is 0 Å². The molecular formula is C12H20N2O2S. The normalized spacial score (nSPS) is 34.6. The first-order valence-corrected chi connectivity index (χ1v) is 6.85. The summed E-state index contributed by atoms with van der Waals surface area (Å²) in [5.41, 5.74) is 5.10. The molecule has 0 aromatic rings. The molecule has 2 N–H and O–H groups in total. The zero-order chi connectivity index (χ0) is 12.6. The third-order valence-electron chi connectivity index (χ3n) is 4.30. The lowest BCUT2D eigenvalue weighted by Gasteiger charge is -2.53. The van der Waals surface area contributed by atoms with Gasteiger partial charge in [-0.2, -0.15) is 12.6 Å². The van der Waals surface area contributed by atoms with Crippen molar-refractivity contribution in [1.82, 2.24) is 4.90 Å². The fourth-order valence-electron chi connectivity index (χ4n) is 2.96. The van der Waals surface area contributed by atoms with Crippen molar-refractivity contribution >= 4 is 24.4 Å². The maximum Gasteiger partial charge on any atom is 0.241 e. The minimum Gasteiger partial charge on any atom is -0.368 e. The summed E-state index contributed by atoms with van der Waals surface area (Å²) in [6.07, 6.45) is 4.15. The minimum absolute atomic E-state index is 0.113. The summed E-state index contributed by atoms with van der Waals surface area (Å²) in [6.45, 7) is 2.92. The first kappa shape index (κ1) is 12.7. The molecule has 2 fully saturated rings. The van der Waals surface area contributed by atoms with Gasteiger partial charge >= 0.3 is 0 Å². The Morgan fingerprint density at radius 1 is 1.59 bits per heavy atom. The highest BCUT2D eigenvalue weighted by atomic mass is 32.1. The lowest BCUT2D eigenvalue weighted by Crippen LogP contribution is -2.67. The molecule has 1 atom stereocenters. The van der Waals surface area contributed by atoms with Crippen molar-refractivity contribution in [2.45, 2.75) is 38.6 Å². The van der Waals surface area contributed by atoms with Crippen LogP contribution in [0.25, 0.3) is 0 Å². The predicted octanol–water partition coefficient (Wildman–Crippen LogP) is 0.809. The molecule has 96 valence electrons. The zero-order valence-corrected chi connectivity index (χ0v) is 11.1. The number of β-lactam (4-membered cyclic amide) rings is 1. The molecule has 1 aliphatic heterocycles. The average molecular weight is 256 g/mol. The van der Waals surface area contributed by atoms with Crippen LogP contribution in [-0.2, 0) is 9.59 Å². The van der Waals surface area contributed by atoms with Crippen molar-refractivity contribution in [3.63, 3.8) is 0 Å². The highest BCUT2D eigenvalue weighted by molar-refractivity contribution is 7.80. The van der Waals surface area contributed by atoms with E-state index in [0.717, 1.165) is 31.6 Å². The number of likely N-dealkylation sites (tertiary alicyclic amines) is 1. The lowest BCUT2D eigenvalue weighted by atomic mass is 9.65. The number of carbonyl (C=O) groups excluding carboxylic acids is 2. The molecule has 0 bridgehead atoms. The Balaban J connectivity index is 2.01. The monoisotopic (exact) mass is 256 g/mol. The van der Waals surface area contributed by atoms with Crippen LogP contribution in [0.3, 0.4) is 0 Å². The second-order valence-electron chi connectivity index (χ2n) is 5.50. The third kappa shape index (κ3) is 2.05. The van der Waals surface area contributed by atoms with Gasteiger partial charge in [-0.1, -0.05) is 6.92 Å². The minimum atomic E-state index is -0.532. The van der Waals surface area contributed by atoms with Crippen LogP contribution in [0.5, 0.6) is 0 Å². The van der Waals surface area contributed by atoms with Crippen molar-refractivity contribution < 1.29 is 9.59 Å². The summed E-state index contributed by atoms with van der Waals surface area (Å²) in [5.74, 6) is 0.696. The molecule has 1 aliphatic carbocycles. The van der Waals surface area contributed by atoms with Crippen LogP contribution in [0.4, 0.5) is 0 Å². The molecule has 2 aliphatic rings. The van der Waals surface area contributed by atoms with Gasteiger partial charge in [-0.15, -0.1) is 0 Å². The molecule has 2 rings (SSSR count). The van der Waals surface area contributed by atoms with Gasteiger partial charge in [0.1, 0.15) is 6.04 Å². The van der Waals surface area contributed by atoms with Crippen molar-refractivity contribution in [3.05, 3.63) is 0 Å². The van der Waals surface area contributed by atoms with Gasteiger partial charge in [-0.3, -0.25) is 9.59 Å². The van der Waals surface area contributed by atoms with Gasteiger partial charge < -0.3 is 10.6 Å². The van der Waals surface area contributed by atoms with Crippen LogP contribution in [0.2, 0.25) is 0 Å². The van der Waals surface area contributed by atoms with Crippen molar-refractivity contribution in [3.8, 4) is 0 Å². The molecule has 2 amide bonds. The number of rotatable bonds is 3. The molecule has 5 heteroatoms. The van der Waals surface area contributed by atoms with Gasteiger partial charge in [0.15, 0.2) is 0 Å². The number of carbonyl (C=O) groups is 2. The number of nitrogens with two attached hydrogens (primary N) is 1. The van der Waals surface area contributed by atoms with Crippen molar-refractivity contribution in [2.75, 3.05) is 12.3 Å². The van der Waals surface area contributed by atoms with E-state index in [2.05, 4.69) is 19.6 Å². The molecular weight excluding hydrogens is 236 g/mol. The van der Waals surface area contributed by atoms with Crippen LogP contribution in [-0.4, -0.2) is 35.1 Å². The highest BCUT2D eigenvalue weighted by Gasteiger charge is 2.55. The average Bonchev–Trinajstić information content (AvgIpc) is 2.30. The van der Waals surface area contributed by atoms with E-state index < -0.39 is 11.9 Å². The molecule has 0 unspecified atom stereocenters. The van der Waals surface area contributed by atoms with E-state index in [1.807, 2.05) is 0 Å². The first-order valence-electron chi connectivity index (χ1n) is 6.21. The highest BCUT2D eigenvalue weighted by Crippen LogP contribution is 2.47. The summed E-state index contributed by atoms with van der Waals surface area (Å²) in [6, 6.07) is -0.532. The smallest absolute Gasteiger partial charge is 0.241 e. The van der Waals surface area contributed by atoms with Crippen molar-refractivity contribution in [2.24, 2.45) is 17.1 Å². The molecule has 1 spiro atoms. The summed E-state index contributed by atoms with van der Waals surface area (Å²) in [4.78, 5) is 25.0. The fourth-order valence-corrected chi connectivity index (χ4v) is 3.34. The Hall–Kier alpha value is -0.710. The van der Waals surface area contributed by atoms with E-state index in [1.54, 1.807) is 4.90 Å². The molecule has 0 aromatic carbocycles. The van der Waals surface area contributed by atoms with E-state index in [-0.39, 0.29) is 11.3 Å². The standard InChI is InChI=1S/C12H20N2O2S/c1-8-2-4-12(5-3-8)7-14(11(12)16)9(6-17)10(13)15/h8-9,17H,2-7H2,1H3,(H2,13,15)/t8?,9-,12?/m0/s1. The first-order chi connectivity index (χ1) is 8.00. The molecule has 0 radical (unpaired) electrons. The van der Waals surface area contributed by atoms with Gasteiger partial charge in [-0.25, -0.2) is 0 Å². The summed E-state index contributed by atoms with van der Waals surface area (Å²) >= 11 is 4.09. The Morgan fingerprint density at radius 2 is 2.18 bits per heavy atom. The molecule has 1 saturated carbocycles. The van der Waals surface area contributed by atoms with E-state index in [9.17, 15) is 9.59 Å². The number of hydrogen-bond donors (Lipinski definition) is 2. The predicted molar refractivity (Wildman–Crippen MR) is 68.6 cm³/mol. The largest absolute Gasteiger partial charge is 0.368 e. The number of nitrogens with zero attached hydrogens (tertiary/aromatic N) is 1. The maximum atomic E-state index is 12.2. The van der Waals surface area contributed by atoms with Gasteiger partial charge in [0, 0.05) is 12.3 Å². The van der Waals surface area contributed by atoms with E-state index >= 15 is 0 Å².